The standard InChI is InChI=1S/C29H44N2O5/c1-4-30-15-16-31-26(33)36-21-9-12-27(2)20(17-21)6-7-24-23(27)10-13-28(3)22(11-14-29(24,28)34)19-5-8-25(32)35-18-19/h5,8,18,20-24,30,34H,4,6-7,9-17H2,1-3H3,(H,31,33)/t20-,21+,22-,23+,24-,27+,28-,29+/m1/s1. The number of alkyl carbamates (subject to hydrolysis) is 1. The van der Waals surface area contributed by atoms with E-state index >= 15 is 0 Å². The highest BCUT2D eigenvalue weighted by Crippen LogP contribution is 2.70. The van der Waals surface area contributed by atoms with Gasteiger partial charge in [-0.05, 0) is 105 Å². The van der Waals surface area contributed by atoms with Gasteiger partial charge in [0.15, 0.2) is 0 Å². The molecule has 0 spiro atoms. The molecule has 5 rings (SSSR count). The highest BCUT2D eigenvalue weighted by molar-refractivity contribution is 5.67. The van der Waals surface area contributed by atoms with Crippen LogP contribution in [0.25, 0.3) is 0 Å². The molecule has 1 aromatic heterocycles. The number of hydrogen-bond acceptors (Lipinski definition) is 6. The normalized spacial score (nSPS) is 41.6. The molecular weight excluding hydrogens is 456 g/mol. The van der Waals surface area contributed by atoms with Crippen LogP contribution >= 0.6 is 0 Å². The Balaban J connectivity index is 1.26. The molecular formula is C29H44N2O5. The number of carbonyl (C=O) groups is 1. The molecule has 200 valence electrons. The molecule has 0 aromatic carbocycles. The van der Waals surface area contributed by atoms with Crippen LogP contribution in [0.2, 0.25) is 0 Å². The van der Waals surface area contributed by atoms with E-state index in [9.17, 15) is 14.7 Å². The van der Waals surface area contributed by atoms with Crippen molar-refractivity contribution >= 4 is 6.09 Å². The van der Waals surface area contributed by atoms with Crippen molar-refractivity contribution in [3.63, 3.8) is 0 Å². The molecule has 1 aromatic rings. The maximum atomic E-state index is 12.4. The van der Waals surface area contributed by atoms with Gasteiger partial charge in [0.1, 0.15) is 6.10 Å². The van der Waals surface area contributed by atoms with Gasteiger partial charge in [-0.3, -0.25) is 0 Å². The first kappa shape index (κ1) is 25.8. The number of likely N-dealkylation sites (N-methyl/N-ethyl adjacent to an activating group) is 1. The number of ether oxygens (including phenoxy) is 1. The summed E-state index contributed by atoms with van der Waals surface area (Å²) in [6.07, 6.45) is 10.2. The van der Waals surface area contributed by atoms with Crippen molar-refractivity contribution in [2.24, 2.45) is 28.6 Å². The highest BCUT2D eigenvalue weighted by Gasteiger charge is 2.67. The van der Waals surface area contributed by atoms with Gasteiger partial charge in [-0.1, -0.05) is 20.8 Å². The van der Waals surface area contributed by atoms with E-state index in [1.807, 2.05) is 13.0 Å². The van der Waals surface area contributed by atoms with E-state index in [1.165, 1.54) is 6.07 Å². The third kappa shape index (κ3) is 4.20. The van der Waals surface area contributed by atoms with E-state index < -0.39 is 5.60 Å². The van der Waals surface area contributed by atoms with E-state index in [2.05, 4.69) is 24.5 Å². The van der Waals surface area contributed by atoms with Crippen LogP contribution in [0.5, 0.6) is 0 Å². The van der Waals surface area contributed by atoms with E-state index in [-0.39, 0.29) is 34.6 Å². The first-order valence-corrected chi connectivity index (χ1v) is 14.2. The Morgan fingerprint density at radius 3 is 2.67 bits per heavy atom. The van der Waals surface area contributed by atoms with Gasteiger partial charge in [0, 0.05) is 24.6 Å². The van der Waals surface area contributed by atoms with Crippen LogP contribution in [0.3, 0.4) is 0 Å². The quantitative estimate of drug-likeness (QED) is 0.494. The summed E-state index contributed by atoms with van der Waals surface area (Å²) in [7, 11) is 0. The maximum Gasteiger partial charge on any atom is 0.407 e. The Morgan fingerprint density at radius 1 is 1.08 bits per heavy atom. The molecule has 4 saturated carbocycles. The molecule has 36 heavy (non-hydrogen) atoms. The van der Waals surface area contributed by atoms with Crippen LogP contribution in [0.15, 0.2) is 27.6 Å². The van der Waals surface area contributed by atoms with Crippen molar-refractivity contribution in [3.05, 3.63) is 34.4 Å². The fourth-order valence-electron chi connectivity index (χ4n) is 9.02. The predicted octanol–water partition coefficient (Wildman–Crippen LogP) is 4.59. The lowest BCUT2D eigenvalue weighted by atomic mass is 9.43. The fourth-order valence-corrected chi connectivity index (χ4v) is 9.02. The lowest BCUT2D eigenvalue weighted by molar-refractivity contribution is -0.205. The SMILES string of the molecule is CCNCCNC(=O)O[C@H]1CC[C@@]2(C)[C@H](CC[C@@H]3[C@@H]2CC[C@]2(C)[C@@H](c4ccc(=O)oc4)CC[C@]32O)C1. The van der Waals surface area contributed by atoms with Crippen LogP contribution in [0, 0.1) is 28.6 Å². The molecule has 4 aliphatic rings. The summed E-state index contributed by atoms with van der Waals surface area (Å²) < 4.78 is 11.0. The molecule has 8 atom stereocenters. The van der Waals surface area contributed by atoms with Crippen LogP contribution in [-0.4, -0.2) is 42.5 Å². The highest BCUT2D eigenvalue weighted by atomic mass is 16.6. The van der Waals surface area contributed by atoms with Crippen LogP contribution < -0.4 is 16.3 Å². The summed E-state index contributed by atoms with van der Waals surface area (Å²) in [5.41, 5.74) is 0.0108. The minimum absolute atomic E-state index is 0.0145. The van der Waals surface area contributed by atoms with Crippen LogP contribution in [-0.2, 0) is 4.74 Å². The second kappa shape index (κ2) is 9.79. The minimum atomic E-state index is -0.690. The van der Waals surface area contributed by atoms with E-state index in [0.717, 1.165) is 76.4 Å². The molecule has 0 saturated heterocycles. The lowest BCUT2D eigenvalue weighted by Gasteiger charge is -2.63. The third-order valence-corrected chi connectivity index (χ3v) is 11.0. The van der Waals surface area contributed by atoms with Gasteiger partial charge in [-0.2, -0.15) is 0 Å². The van der Waals surface area contributed by atoms with Gasteiger partial charge in [-0.25, -0.2) is 9.59 Å². The Kier molecular flexibility index (Phi) is 7.01. The summed E-state index contributed by atoms with van der Waals surface area (Å²) in [6.45, 7) is 9.00. The van der Waals surface area contributed by atoms with Crippen molar-refractivity contribution in [1.29, 1.82) is 0 Å². The summed E-state index contributed by atoms with van der Waals surface area (Å²) >= 11 is 0. The monoisotopic (exact) mass is 500 g/mol. The maximum absolute atomic E-state index is 12.4. The average molecular weight is 501 g/mol. The molecule has 1 heterocycles. The molecule has 7 heteroatoms. The van der Waals surface area contributed by atoms with Crippen molar-refractivity contribution < 1.29 is 19.1 Å². The van der Waals surface area contributed by atoms with Crippen LogP contribution in [0.1, 0.15) is 90.0 Å². The molecule has 0 bridgehead atoms. The van der Waals surface area contributed by atoms with Gasteiger partial charge in [0.2, 0.25) is 0 Å². The van der Waals surface area contributed by atoms with E-state index in [0.29, 0.717) is 24.3 Å². The first-order chi connectivity index (χ1) is 17.2. The smallest absolute Gasteiger partial charge is 0.407 e. The Hall–Kier alpha value is -1.86. The van der Waals surface area contributed by atoms with E-state index in [1.54, 1.807) is 6.26 Å². The number of hydrogen-bond donors (Lipinski definition) is 3. The molecule has 0 radical (unpaired) electrons. The summed E-state index contributed by atoms with van der Waals surface area (Å²) in [6, 6.07) is 3.41. The van der Waals surface area contributed by atoms with Gasteiger partial charge in [-0.15, -0.1) is 0 Å². The Labute approximate surface area is 214 Å². The molecule has 0 unspecified atom stereocenters. The summed E-state index contributed by atoms with van der Waals surface area (Å²) in [5, 5.41) is 18.4. The number of aliphatic hydroxyl groups is 1. The van der Waals surface area contributed by atoms with Gasteiger partial charge in [0.25, 0.3) is 0 Å². The summed E-state index contributed by atoms with van der Waals surface area (Å²) in [4.78, 5) is 23.8. The topological polar surface area (TPSA) is 101 Å². The van der Waals surface area contributed by atoms with Crippen molar-refractivity contribution in [2.45, 2.75) is 96.2 Å². The second-order valence-corrected chi connectivity index (χ2v) is 12.4. The van der Waals surface area contributed by atoms with Crippen LogP contribution in [0.4, 0.5) is 4.79 Å². The van der Waals surface area contributed by atoms with Crippen molar-refractivity contribution in [1.82, 2.24) is 10.6 Å². The predicted molar refractivity (Wildman–Crippen MR) is 138 cm³/mol. The minimum Gasteiger partial charge on any atom is -0.446 e. The zero-order chi connectivity index (χ0) is 25.6. The molecule has 4 fully saturated rings. The van der Waals surface area contributed by atoms with E-state index in [4.69, 9.17) is 9.15 Å². The van der Waals surface area contributed by atoms with Crippen molar-refractivity contribution in [2.75, 3.05) is 19.6 Å². The largest absolute Gasteiger partial charge is 0.446 e. The second-order valence-electron chi connectivity index (χ2n) is 12.4. The molecule has 0 aliphatic heterocycles. The third-order valence-electron chi connectivity index (χ3n) is 11.0. The van der Waals surface area contributed by atoms with Gasteiger partial charge in [0.05, 0.1) is 11.9 Å². The Morgan fingerprint density at radius 2 is 1.92 bits per heavy atom. The lowest BCUT2D eigenvalue weighted by Crippen LogP contribution is -2.62. The number of fused-ring (bicyclic) bond motifs is 5. The fraction of sp³-hybridized carbons (Fsp3) is 0.793. The molecule has 1 amide bonds. The summed E-state index contributed by atoms with van der Waals surface area (Å²) in [5.74, 6) is 1.54. The number of nitrogens with one attached hydrogen (secondary N) is 2. The Bertz CT molecular complexity index is 991. The zero-order valence-electron chi connectivity index (χ0n) is 22.2. The van der Waals surface area contributed by atoms with Gasteiger partial charge < -0.3 is 24.9 Å². The van der Waals surface area contributed by atoms with Gasteiger partial charge >= 0.3 is 11.7 Å². The zero-order valence-corrected chi connectivity index (χ0v) is 22.2. The molecule has 4 aliphatic carbocycles. The molecule has 7 nitrogen and oxygen atoms in total. The average Bonchev–Trinajstić information content (AvgIpc) is 3.14. The first-order valence-electron chi connectivity index (χ1n) is 14.2. The number of rotatable bonds is 6. The number of carbonyl (C=O) groups excluding carboxylic acids is 1. The van der Waals surface area contributed by atoms with Crippen molar-refractivity contribution in [3.8, 4) is 0 Å². The molecule has 3 N–H and O–H groups in total. The number of amides is 1.